The van der Waals surface area contributed by atoms with Gasteiger partial charge in [0, 0.05) is 12.2 Å². The highest BCUT2D eigenvalue weighted by molar-refractivity contribution is 8.00. The number of carbonyl (C=O) groups is 2. The van der Waals surface area contributed by atoms with Crippen molar-refractivity contribution in [2.45, 2.75) is 49.7 Å². The number of primary amides is 1. The third-order valence-electron chi connectivity index (χ3n) is 4.57. The van der Waals surface area contributed by atoms with Crippen LogP contribution in [0.4, 0.5) is 9.18 Å². The average Bonchev–Trinajstić information content (AvgIpc) is 3.30. The minimum Gasteiger partial charge on any atom is -0.376 e. The normalized spacial score (nSPS) is 17.4. The number of nitrogens with two attached hydrogens (primary N) is 1. The second-order valence-electron chi connectivity index (χ2n) is 7.19. The first-order valence-electron chi connectivity index (χ1n) is 9.43. The van der Waals surface area contributed by atoms with E-state index in [0.717, 1.165) is 12.8 Å². The molecule has 0 spiro atoms. The number of nitrogens with zero attached hydrogens (tertiary/aromatic N) is 3. The maximum atomic E-state index is 13.3. The quantitative estimate of drug-likeness (QED) is 0.665. The Bertz CT molecular complexity index is 865. The van der Waals surface area contributed by atoms with E-state index in [2.05, 4.69) is 15.5 Å². The van der Waals surface area contributed by atoms with Crippen LogP contribution in [-0.2, 0) is 16.1 Å². The van der Waals surface area contributed by atoms with Gasteiger partial charge in [-0.05, 0) is 43.0 Å². The van der Waals surface area contributed by atoms with Gasteiger partial charge in [0.1, 0.15) is 5.82 Å². The number of hydrogen-bond acceptors (Lipinski definition) is 6. The summed E-state index contributed by atoms with van der Waals surface area (Å²) in [5.74, 6) is -0.327. The number of benzene rings is 1. The molecule has 2 atom stereocenters. The van der Waals surface area contributed by atoms with Crippen LogP contribution in [0.1, 0.15) is 26.7 Å². The number of rotatable bonds is 7. The summed E-state index contributed by atoms with van der Waals surface area (Å²) in [6, 6.07) is 5.11. The van der Waals surface area contributed by atoms with Crippen LogP contribution in [0.25, 0.3) is 11.4 Å². The van der Waals surface area contributed by atoms with E-state index >= 15 is 0 Å². The minimum absolute atomic E-state index is 0.0153. The van der Waals surface area contributed by atoms with Gasteiger partial charge < -0.3 is 10.5 Å². The van der Waals surface area contributed by atoms with Crippen LogP contribution in [-0.4, -0.2) is 44.7 Å². The average molecular weight is 421 g/mol. The Balaban J connectivity index is 1.93. The van der Waals surface area contributed by atoms with E-state index in [9.17, 15) is 14.0 Å². The number of hydrogen-bond donors (Lipinski definition) is 2. The zero-order valence-electron chi connectivity index (χ0n) is 16.3. The number of nitrogens with one attached hydrogen (secondary N) is 1. The third kappa shape index (κ3) is 5.33. The molecular formula is C19H24FN5O3S. The first-order valence-corrected chi connectivity index (χ1v) is 10.3. The van der Waals surface area contributed by atoms with Crippen molar-refractivity contribution in [3.05, 3.63) is 30.1 Å². The molecule has 0 saturated carbocycles. The van der Waals surface area contributed by atoms with Crippen molar-refractivity contribution in [3.8, 4) is 11.4 Å². The molecule has 1 aliphatic heterocycles. The van der Waals surface area contributed by atoms with Crippen LogP contribution in [0, 0.1) is 11.7 Å². The summed E-state index contributed by atoms with van der Waals surface area (Å²) in [5.41, 5.74) is 5.81. The second kappa shape index (κ2) is 9.36. The summed E-state index contributed by atoms with van der Waals surface area (Å²) < 4.78 is 21.0. The number of amides is 3. The molecule has 2 heterocycles. The lowest BCUT2D eigenvalue weighted by Crippen LogP contribution is -2.42. The Kier molecular flexibility index (Phi) is 6.86. The van der Waals surface area contributed by atoms with Crippen LogP contribution < -0.4 is 11.1 Å². The summed E-state index contributed by atoms with van der Waals surface area (Å²) in [4.78, 5) is 23.5. The molecule has 3 rings (SSSR count). The number of urea groups is 1. The van der Waals surface area contributed by atoms with E-state index in [0.29, 0.717) is 29.7 Å². The molecule has 1 aromatic carbocycles. The van der Waals surface area contributed by atoms with Crippen molar-refractivity contribution in [1.82, 2.24) is 20.1 Å². The summed E-state index contributed by atoms with van der Waals surface area (Å²) in [6.45, 7) is 4.97. The Labute approximate surface area is 172 Å². The van der Waals surface area contributed by atoms with Crippen molar-refractivity contribution >= 4 is 23.7 Å². The first kappa shape index (κ1) is 21.3. The third-order valence-corrected chi connectivity index (χ3v) is 6.10. The van der Waals surface area contributed by atoms with E-state index in [-0.39, 0.29) is 17.8 Å². The van der Waals surface area contributed by atoms with Crippen molar-refractivity contribution < 1.29 is 18.7 Å². The van der Waals surface area contributed by atoms with Gasteiger partial charge in [0.05, 0.1) is 17.9 Å². The van der Waals surface area contributed by atoms with Gasteiger partial charge in [-0.1, -0.05) is 25.6 Å². The summed E-state index contributed by atoms with van der Waals surface area (Å²) in [5, 5.41) is 10.6. The molecule has 1 aliphatic rings. The van der Waals surface area contributed by atoms with Crippen molar-refractivity contribution in [1.29, 1.82) is 0 Å². The molecule has 3 amide bonds. The highest BCUT2D eigenvalue weighted by Crippen LogP contribution is 2.31. The van der Waals surface area contributed by atoms with Gasteiger partial charge in [0.15, 0.2) is 11.0 Å². The highest BCUT2D eigenvalue weighted by atomic mass is 32.2. The van der Waals surface area contributed by atoms with Gasteiger partial charge in [-0.2, -0.15) is 0 Å². The lowest BCUT2D eigenvalue weighted by Gasteiger charge is -2.20. The van der Waals surface area contributed by atoms with Crippen LogP contribution in [0.5, 0.6) is 0 Å². The minimum atomic E-state index is -0.894. The van der Waals surface area contributed by atoms with E-state index < -0.39 is 17.2 Å². The number of ether oxygens (including phenoxy) is 1. The number of imide groups is 1. The predicted octanol–water partition coefficient (Wildman–Crippen LogP) is 2.57. The van der Waals surface area contributed by atoms with Crippen molar-refractivity contribution in [2.24, 2.45) is 11.7 Å². The molecule has 10 heteroatoms. The SMILES string of the molecule is CC(C)[C@H](Sc1nnc(-c2ccc(F)cc2)n1C[C@@H]1CCCO1)C(=O)NC(N)=O. The maximum Gasteiger partial charge on any atom is 0.318 e. The first-order chi connectivity index (χ1) is 13.8. The van der Waals surface area contributed by atoms with Gasteiger partial charge >= 0.3 is 6.03 Å². The fourth-order valence-corrected chi connectivity index (χ4v) is 4.18. The Morgan fingerprint density at radius 1 is 1.34 bits per heavy atom. The van der Waals surface area contributed by atoms with Crippen molar-refractivity contribution in [2.75, 3.05) is 6.61 Å². The smallest absolute Gasteiger partial charge is 0.318 e. The number of carbonyl (C=O) groups excluding carboxylic acids is 2. The molecule has 29 heavy (non-hydrogen) atoms. The second-order valence-corrected chi connectivity index (χ2v) is 8.30. The maximum absolute atomic E-state index is 13.3. The van der Waals surface area contributed by atoms with Crippen molar-refractivity contribution in [3.63, 3.8) is 0 Å². The van der Waals surface area contributed by atoms with Crippen LogP contribution in [0.3, 0.4) is 0 Å². The molecular weight excluding hydrogens is 397 g/mol. The summed E-state index contributed by atoms with van der Waals surface area (Å²) in [7, 11) is 0. The molecule has 156 valence electrons. The molecule has 0 aliphatic carbocycles. The highest BCUT2D eigenvalue weighted by Gasteiger charge is 2.29. The van der Waals surface area contributed by atoms with Crippen LogP contribution in [0.2, 0.25) is 0 Å². The Morgan fingerprint density at radius 2 is 2.07 bits per heavy atom. The fraction of sp³-hybridized carbons (Fsp3) is 0.474. The lowest BCUT2D eigenvalue weighted by molar-refractivity contribution is -0.120. The van der Waals surface area contributed by atoms with E-state index in [1.54, 1.807) is 12.1 Å². The summed E-state index contributed by atoms with van der Waals surface area (Å²) >= 11 is 1.22. The van der Waals surface area contributed by atoms with E-state index in [1.807, 2.05) is 18.4 Å². The number of halogens is 1. The van der Waals surface area contributed by atoms with Gasteiger partial charge in [-0.15, -0.1) is 10.2 Å². The largest absolute Gasteiger partial charge is 0.376 e. The Morgan fingerprint density at radius 3 is 2.66 bits per heavy atom. The molecule has 1 fully saturated rings. The Hall–Kier alpha value is -2.46. The molecule has 0 radical (unpaired) electrons. The molecule has 2 aromatic rings. The molecule has 0 unspecified atom stereocenters. The van der Waals surface area contributed by atoms with Gasteiger partial charge in [-0.3, -0.25) is 14.7 Å². The van der Waals surface area contributed by atoms with E-state index in [4.69, 9.17) is 10.5 Å². The molecule has 1 saturated heterocycles. The number of thioether (sulfide) groups is 1. The fourth-order valence-electron chi connectivity index (χ4n) is 3.14. The lowest BCUT2D eigenvalue weighted by atomic mass is 10.1. The predicted molar refractivity (Wildman–Crippen MR) is 107 cm³/mol. The summed E-state index contributed by atoms with van der Waals surface area (Å²) in [6.07, 6.45) is 1.92. The molecule has 0 bridgehead atoms. The monoisotopic (exact) mass is 421 g/mol. The van der Waals surface area contributed by atoms with Gasteiger partial charge in [-0.25, -0.2) is 9.18 Å². The number of aromatic nitrogens is 3. The molecule has 1 aromatic heterocycles. The van der Waals surface area contributed by atoms with Crippen LogP contribution in [0.15, 0.2) is 29.4 Å². The topological polar surface area (TPSA) is 112 Å². The van der Waals surface area contributed by atoms with Gasteiger partial charge in [0.2, 0.25) is 5.91 Å². The molecule has 8 nitrogen and oxygen atoms in total. The standard InChI is InChI=1S/C19H24FN5O3S/c1-11(2)15(17(26)22-18(21)27)29-19-24-23-16(12-5-7-13(20)8-6-12)25(19)10-14-4-3-9-28-14/h5-8,11,14-15H,3-4,9-10H2,1-2H3,(H3,21,22,26,27)/t14-,15-/m0/s1. The zero-order chi connectivity index (χ0) is 21.0. The molecule has 3 N–H and O–H groups in total. The van der Waals surface area contributed by atoms with E-state index in [1.165, 1.54) is 23.9 Å². The van der Waals surface area contributed by atoms with Gasteiger partial charge in [0.25, 0.3) is 0 Å². The van der Waals surface area contributed by atoms with Crippen LogP contribution >= 0.6 is 11.8 Å². The zero-order valence-corrected chi connectivity index (χ0v) is 17.1.